The third-order valence-corrected chi connectivity index (χ3v) is 6.47. The summed E-state index contributed by atoms with van der Waals surface area (Å²) in [5.41, 5.74) is 0.754. The van der Waals surface area contributed by atoms with E-state index >= 15 is 0 Å². The fourth-order valence-corrected chi connectivity index (χ4v) is 4.88. The summed E-state index contributed by atoms with van der Waals surface area (Å²) < 4.78 is 5.86. The molecule has 0 aromatic heterocycles. The van der Waals surface area contributed by atoms with Crippen molar-refractivity contribution < 1.29 is 19.4 Å². The van der Waals surface area contributed by atoms with Gasteiger partial charge in [-0.3, -0.25) is 9.59 Å². The van der Waals surface area contributed by atoms with Gasteiger partial charge >= 0.3 is 0 Å². The molecule has 1 aromatic rings. The lowest BCUT2D eigenvalue weighted by Crippen LogP contribution is -2.50. The van der Waals surface area contributed by atoms with Gasteiger partial charge in [-0.1, -0.05) is 31.5 Å². The Hall–Kier alpha value is -1.98. The minimum absolute atomic E-state index is 0.0654. The maximum absolute atomic E-state index is 13.2. The Labute approximate surface area is 160 Å². The van der Waals surface area contributed by atoms with Crippen LogP contribution in [-0.2, 0) is 19.9 Å². The fraction of sp³-hybridized carbons (Fsp3) is 0.545. The van der Waals surface area contributed by atoms with Gasteiger partial charge in [0.15, 0.2) is 17.8 Å². The van der Waals surface area contributed by atoms with Crippen LogP contribution in [0.15, 0.2) is 35.4 Å². The molecule has 144 valence electrons. The topological polar surface area (TPSA) is 66.8 Å². The van der Waals surface area contributed by atoms with Crippen molar-refractivity contribution in [3.05, 3.63) is 41.0 Å². The molecule has 2 heterocycles. The first kappa shape index (κ1) is 18.4. The summed E-state index contributed by atoms with van der Waals surface area (Å²) >= 11 is 0. The maximum atomic E-state index is 13.2. The summed E-state index contributed by atoms with van der Waals surface area (Å²) in [4.78, 5) is 28.2. The first-order valence-electron chi connectivity index (χ1n) is 9.84. The minimum Gasteiger partial charge on any atom is -0.380 e. The van der Waals surface area contributed by atoms with Crippen LogP contribution in [0.25, 0.3) is 0 Å². The van der Waals surface area contributed by atoms with Crippen molar-refractivity contribution in [2.75, 3.05) is 18.1 Å². The molecule has 0 bridgehead atoms. The molecule has 5 heteroatoms. The molecule has 2 aliphatic heterocycles. The van der Waals surface area contributed by atoms with Gasteiger partial charge in [-0.25, -0.2) is 0 Å². The van der Waals surface area contributed by atoms with Gasteiger partial charge in [-0.15, -0.1) is 0 Å². The largest absolute Gasteiger partial charge is 0.380 e. The number of Topliss-reactive ketones (excluding diaryl/α,β-unsaturated/α-hetero) is 2. The van der Waals surface area contributed by atoms with Crippen LogP contribution >= 0.6 is 0 Å². The number of carbonyl (C=O) groups is 2. The molecule has 27 heavy (non-hydrogen) atoms. The van der Waals surface area contributed by atoms with Gasteiger partial charge in [-0.2, -0.15) is 0 Å². The van der Waals surface area contributed by atoms with E-state index in [2.05, 4.69) is 6.92 Å². The summed E-state index contributed by atoms with van der Waals surface area (Å²) in [6.45, 7) is 6.28. The summed E-state index contributed by atoms with van der Waals surface area (Å²) in [5.74, 6) is -0.158. The molecule has 1 aliphatic carbocycles. The first-order valence-corrected chi connectivity index (χ1v) is 9.84. The van der Waals surface area contributed by atoms with Crippen LogP contribution in [0.3, 0.4) is 0 Å². The van der Waals surface area contributed by atoms with Crippen LogP contribution < -0.4 is 4.90 Å². The smallest absolute Gasteiger partial charge is 0.174 e. The van der Waals surface area contributed by atoms with E-state index < -0.39 is 17.2 Å². The molecule has 0 radical (unpaired) electrons. The minimum atomic E-state index is -1.13. The maximum Gasteiger partial charge on any atom is 0.174 e. The van der Waals surface area contributed by atoms with Crippen LogP contribution in [0.4, 0.5) is 5.69 Å². The highest BCUT2D eigenvalue weighted by molar-refractivity contribution is 6.27. The van der Waals surface area contributed by atoms with Crippen LogP contribution in [-0.4, -0.2) is 36.1 Å². The Morgan fingerprint density at radius 2 is 2.00 bits per heavy atom. The predicted molar refractivity (Wildman–Crippen MR) is 102 cm³/mol. The normalized spacial score (nSPS) is 32.4. The number of benzene rings is 1. The number of allylic oxidation sites excluding steroid dienone is 2. The molecule has 4 rings (SSSR count). The Balaban J connectivity index is 1.68. The molecule has 3 atom stereocenters. The van der Waals surface area contributed by atoms with Crippen molar-refractivity contribution in [1.29, 1.82) is 0 Å². The van der Waals surface area contributed by atoms with Gasteiger partial charge in [-0.05, 0) is 38.3 Å². The monoisotopic (exact) mass is 369 g/mol. The Morgan fingerprint density at radius 1 is 1.26 bits per heavy atom. The standard InChI is InChI=1S/C22H27NO4/c1-4-5-8-15-14(2)18(24)21(3,19(15)25)13-23-17-10-7-6-9-16(17)22(26)11-12-27-20(22)23/h6-7,9-10,20,26H,4-5,8,11-13H2,1-3H3/t20-,21-,22+/m0/s1. The zero-order valence-electron chi connectivity index (χ0n) is 16.2. The van der Waals surface area contributed by atoms with Crippen molar-refractivity contribution >= 4 is 17.3 Å². The predicted octanol–water partition coefficient (Wildman–Crippen LogP) is 3.11. The van der Waals surface area contributed by atoms with Crippen LogP contribution in [0.2, 0.25) is 0 Å². The molecule has 5 nitrogen and oxygen atoms in total. The van der Waals surface area contributed by atoms with Crippen LogP contribution in [0, 0.1) is 5.41 Å². The van der Waals surface area contributed by atoms with Crippen molar-refractivity contribution in [2.24, 2.45) is 5.41 Å². The molecule has 1 fully saturated rings. The molecule has 3 aliphatic rings. The lowest BCUT2D eigenvalue weighted by molar-refractivity contribution is -0.133. The third kappa shape index (κ3) is 2.44. The van der Waals surface area contributed by atoms with Crippen molar-refractivity contribution in [1.82, 2.24) is 0 Å². The summed E-state index contributed by atoms with van der Waals surface area (Å²) in [7, 11) is 0. The van der Waals surface area contributed by atoms with Crippen LogP contribution in [0.1, 0.15) is 52.0 Å². The molecule has 1 N–H and O–H groups in total. The third-order valence-electron chi connectivity index (χ3n) is 6.47. The highest BCUT2D eigenvalue weighted by Gasteiger charge is 2.58. The van der Waals surface area contributed by atoms with E-state index in [1.54, 1.807) is 13.8 Å². The number of unbranched alkanes of at least 4 members (excludes halogenated alkanes) is 1. The van der Waals surface area contributed by atoms with Crippen molar-refractivity contribution in [3.8, 4) is 0 Å². The van der Waals surface area contributed by atoms with E-state index in [1.165, 1.54) is 0 Å². The van der Waals surface area contributed by atoms with E-state index in [-0.39, 0.29) is 18.1 Å². The fourth-order valence-electron chi connectivity index (χ4n) is 4.88. The molecule has 0 unspecified atom stereocenters. The Morgan fingerprint density at radius 3 is 2.74 bits per heavy atom. The molecule has 0 spiro atoms. The lowest BCUT2D eigenvalue weighted by atomic mass is 9.82. The number of ketones is 2. The molecule has 0 amide bonds. The second-order valence-electron chi connectivity index (χ2n) is 8.24. The number of nitrogens with zero attached hydrogens (tertiary/aromatic N) is 1. The average molecular weight is 369 g/mol. The van der Waals surface area contributed by atoms with Crippen LogP contribution in [0.5, 0.6) is 0 Å². The first-order chi connectivity index (χ1) is 12.8. The molecular formula is C22H27NO4. The number of carbonyl (C=O) groups excluding carboxylic acids is 2. The molecule has 0 saturated carbocycles. The number of ether oxygens (including phenoxy) is 1. The summed E-state index contributed by atoms with van der Waals surface area (Å²) in [6, 6.07) is 7.65. The van der Waals surface area contributed by atoms with Crippen molar-refractivity contribution in [3.63, 3.8) is 0 Å². The SMILES string of the molecule is CCCCC1=C(C)C(=O)[C@](C)(CN2c3ccccc3[C@]3(O)CCO[C@H]23)C1=O. The lowest BCUT2D eigenvalue weighted by Gasteiger charge is -2.34. The zero-order valence-corrected chi connectivity index (χ0v) is 16.2. The average Bonchev–Trinajstić information content (AvgIpc) is 3.20. The van der Waals surface area contributed by atoms with Gasteiger partial charge in [0.05, 0.1) is 6.61 Å². The van der Waals surface area contributed by atoms with Gasteiger partial charge < -0.3 is 14.7 Å². The highest BCUT2D eigenvalue weighted by Crippen LogP contribution is 2.51. The zero-order chi connectivity index (χ0) is 19.4. The number of rotatable bonds is 5. The Kier molecular flexibility index (Phi) is 4.28. The van der Waals surface area contributed by atoms with E-state index in [9.17, 15) is 14.7 Å². The van der Waals surface area contributed by atoms with Crippen molar-refractivity contribution in [2.45, 2.75) is 58.3 Å². The molecule has 1 saturated heterocycles. The second-order valence-corrected chi connectivity index (χ2v) is 8.24. The van der Waals surface area contributed by atoms with E-state index in [1.807, 2.05) is 29.2 Å². The number of fused-ring (bicyclic) bond motifs is 3. The second kappa shape index (κ2) is 6.28. The molecular weight excluding hydrogens is 342 g/mol. The number of hydrogen-bond acceptors (Lipinski definition) is 5. The highest BCUT2D eigenvalue weighted by atomic mass is 16.5. The number of hydrogen-bond donors (Lipinski definition) is 1. The summed E-state index contributed by atoms with van der Waals surface area (Å²) in [6.07, 6.45) is 2.51. The van der Waals surface area contributed by atoms with E-state index in [0.29, 0.717) is 30.6 Å². The Bertz CT molecular complexity index is 844. The van der Waals surface area contributed by atoms with Gasteiger partial charge in [0, 0.05) is 29.8 Å². The number of para-hydroxylation sites is 1. The van der Waals surface area contributed by atoms with Gasteiger partial charge in [0.25, 0.3) is 0 Å². The van der Waals surface area contributed by atoms with Gasteiger partial charge in [0.2, 0.25) is 0 Å². The van der Waals surface area contributed by atoms with E-state index in [0.717, 1.165) is 24.1 Å². The quantitative estimate of drug-likeness (QED) is 0.808. The number of aliphatic hydroxyl groups is 1. The summed E-state index contributed by atoms with van der Waals surface area (Å²) in [5, 5.41) is 11.2. The molecule has 1 aromatic carbocycles. The number of anilines is 1. The van der Waals surface area contributed by atoms with Gasteiger partial charge in [0.1, 0.15) is 11.0 Å². The van der Waals surface area contributed by atoms with E-state index in [4.69, 9.17) is 4.74 Å².